The molecule has 0 bridgehead atoms. The Kier molecular flexibility index (Phi) is 4.43. The summed E-state index contributed by atoms with van der Waals surface area (Å²) in [4.78, 5) is 14.4. The second-order valence-corrected chi connectivity index (χ2v) is 4.99. The average molecular weight is 262 g/mol. The summed E-state index contributed by atoms with van der Waals surface area (Å²) in [5.41, 5.74) is 0.908. The molecule has 2 rings (SSSR count). The Morgan fingerprint density at radius 2 is 2.26 bits per heavy atom. The molecular weight excluding hydrogens is 240 g/mol. The molecule has 1 saturated heterocycles. The Labute approximate surface area is 114 Å². The molecule has 104 valence electrons. The molecule has 1 atom stereocenters. The van der Waals surface area contributed by atoms with Gasteiger partial charge in [0, 0.05) is 24.2 Å². The molecule has 1 aliphatic heterocycles. The van der Waals surface area contributed by atoms with Gasteiger partial charge in [0.05, 0.1) is 7.11 Å². The van der Waals surface area contributed by atoms with Gasteiger partial charge in [-0.15, -0.1) is 0 Å². The van der Waals surface area contributed by atoms with Crippen LogP contribution in [0.4, 0.5) is 5.69 Å². The van der Waals surface area contributed by atoms with Crippen molar-refractivity contribution in [3.63, 3.8) is 0 Å². The Hall–Kier alpha value is -1.55. The third kappa shape index (κ3) is 2.89. The number of hydrogen-bond acceptors (Lipinski definition) is 3. The van der Waals surface area contributed by atoms with Gasteiger partial charge in [0.15, 0.2) is 0 Å². The molecule has 1 unspecified atom stereocenters. The van der Waals surface area contributed by atoms with Crippen molar-refractivity contribution in [2.75, 3.05) is 31.6 Å². The summed E-state index contributed by atoms with van der Waals surface area (Å²) >= 11 is 0. The fourth-order valence-corrected chi connectivity index (χ4v) is 2.36. The van der Waals surface area contributed by atoms with E-state index in [1.54, 1.807) is 7.11 Å². The maximum absolute atomic E-state index is 12.6. The Bertz CT molecular complexity index is 444. The van der Waals surface area contributed by atoms with E-state index in [2.05, 4.69) is 5.32 Å². The van der Waals surface area contributed by atoms with Crippen molar-refractivity contribution in [2.24, 2.45) is 11.8 Å². The smallest absolute Gasteiger partial charge is 0.230 e. The van der Waals surface area contributed by atoms with E-state index in [1.165, 1.54) is 0 Å². The van der Waals surface area contributed by atoms with Gasteiger partial charge in [0.1, 0.15) is 5.75 Å². The Morgan fingerprint density at radius 1 is 1.53 bits per heavy atom. The predicted octanol–water partition coefficient (Wildman–Crippen LogP) is 1.90. The van der Waals surface area contributed by atoms with Gasteiger partial charge in [-0.1, -0.05) is 13.0 Å². The monoisotopic (exact) mass is 262 g/mol. The van der Waals surface area contributed by atoms with Gasteiger partial charge in [-0.3, -0.25) is 4.79 Å². The van der Waals surface area contributed by atoms with Crippen molar-refractivity contribution in [3.05, 3.63) is 24.3 Å². The number of anilines is 1. The van der Waals surface area contributed by atoms with Crippen LogP contribution in [0.3, 0.4) is 0 Å². The van der Waals surface area contributed by atoms with Gasteiger partial charge in [0.25, 0.3) is 0 Å². The molecule has 1 aromatic carbocycles. The van der Waals surface area contributed by atoms with Crippen molar-refractivity contribution in [1.29, 1.82) is 0 Å². The molecule has 19 heavy (non-hydrogen) atoms. The highest BCUT2D eigenvalue weighted by molar-refractivity contribution is 5.95. The minimum atomic E-state index is 0.0624. The maximum atomic E-state index is 12.6. The summed E-state index contributed by atoms with van der Waals surface area (Å²) in [7, 11) is 1.64. The van der Waals surface area contributed by atoms with Gasteiger partial charge in [0.2, 0.25) is 5.91 Å². The van der Waals surface area contributed by atoms with E-state index in [0.29, 0.717) is 12.5 Å². The molecule has 0 saturated carbocycles. The van der Waals surface area contributed by atoms with Gasteiger partial charge in [-0.25, -0.2) is 0 Å². The minimum absolute atomic E-state index is 0.0624. The van der Waals surface area contributed by atoms with Crippen LogP contribution >= 0.6 is 0 Å². The SMILES string of the molecule is CCN(C(=O)C(C)C1CNC1)c1cccc(OC)c1. The molecule has 1 heterocycles. The predicted molar refractivity (Wildman–Crippen MR) is 76.5 cm³/mol. The summed E-state index contributed by atoms with van der Waals surface area (Å²) in [6.07, 6.45) is 0. The first kappa shape index (κ1) is 13.9. The summed E-state index contributed by atoms with van der Waals surface area (Å²) in [6, 6.07) is 7.67. The highest BCUT2D eigenvalue weighted by Gasteiger charge is 2.31. The zero-order chi connectivity index (χ0) is 13.8. The first-order valence-corrected chi connectivity index (χ1v) is 6.83. The number of hydrogen-bond donors (Lipinski definition) is 1. The van der Waals surface area contributed by atoms with Crippen LogP contribution in [0.1, 0.15) is 13.8 Å². The molecular formula is C15H22N2O2. The van der Waals surface area contributed by atoms with Crippen molar-refractivity contribution in [2.45, 2.75) is 13.8 Å². The van der Waals surface area contributed by atoms with Crippen molar-refractivity contribution in [1.82, 2.24) is 5.32 Å². The molecule has 0 aliphatic carbocycles. The summed E-state index contributed by atoms with van der Waals surface area (Å²) in [5, 5.41) is 3.22. The van der Waals surface area contributed by atoms with E-state index in [-0.39, 0.29) is 11.8 Å². The normalized spacial score (nSPS) is 16.6. The molecule has 4 nitrogen and oxygen atoms in total. The topological polar surface area (TPSA) is 41.6 Å². The minimum Gasteiger partial charge on any atom is -0.497 e. The van der Waals surface area contributed by atoms with Crippen molar-refractivity contribution < 1.29 is 9.53 Å². The molecule has 1 fully saturated rings. The van der Waals surface area contributed by atoms with E-state index in [0.717, 1.165) is 24.5 Å². The zero-order valence-electron chi connectivity index (χ0n) is 11.8. The number of nitrogens with one attached hydrogen (secondary N) is 1. The number of amides is 1. The highest BCUT2D eigenvalue weighted by atomic mass is 16.5. The number of carbonyl (C=O) groups is 1. The van der Waals surface area contributed by atoms with Gasteiger partial charge in [-0.05, 0) is 38.1 Å². The van der Waals surface area contributed by atoms with Crippen LogP contribution in [0.15, 0.2) is 24.3 Å². The van der Waals surface area contributed by atoms with Gasteiger partial charge >= 0.3 is 0 Å². The van der Waals surface area contributed by atoms with Gasteiger partial charge < -0.3 is 15.0 Å². The molecule has 4 heteroatoms. The lowest BCUT2D eigenvalue weighted by Crippen LogP contribution is -2.50. The van der Waals surface area contributed by atoms with Crippen LogP contribution < -0.4 is 15.0 Å². The lowest BCUT2D eigenvalue weighted by atomic mass is 9.88. The molecule has 1 aliphatic rings. The van der Waals surface area contributed by atoms with Crippen molar-refractivity contribution >= 4 is 11.6 Å². The number of ether oxygens (including phenoxy) is 1. The summed E-state index contributed by atoms with van der Waals surface area (Å²) in [5.74, 6) is 1.50. The molecule has 0 aromatic heterocycles. The van der Waals surface area contributed by atoms with Crippen molar-refractivity contribution in [3.8, 4) is 5.75 Å². The van der Waals surface area contributed by atoms with E-state index >= 15 is 0 Å². The number of rotatable bonds is 5. The van der Waals surface area contributed by atoms with Crippen LogP contribution in [0.25, 0.3) is 0 Å². The maximum Gasteiger partial charge on any atom is 0.230 e. The zero-order valence-corrected chi connectivity index (χ0v) is 11.8. The third-order valence-corrected chi connectivity index (χ3v) is 3.86. The van der Waals surface area contributed by atoms with Crippen LogP contribution in [0, 0.1) is 11.8 Å². The number of nitrogens with zero attached hydrogens (tertiary/aromatic N) is 1. The number of benzene rings is 1. The van der Waals surface area contributed by atoms with Crippen LogP contribution in [-0.2, 0) is 4.79 Å². The lowest BCUT2D eigenvalue weighted by molar-refractivity contribution is -0.124. The van der Waals surface area contributed by atoms with E-state index in [9.17, 15) is 4.79 Å². The lowest BCUT2D eigenvalue weighted by Gasteiger charge is -2.34. The molecule has 0 radical (unpaired) electrons. The second-order valence-electron chi connectivity index (χ2n) is 4.99. The third-order valence-electron chi connectivity index (χ3n) is 3.86. The standard InChI is InChI=1S/C15H22N2O2/c1-4-17(13-6-5-7-14(8-13)19-3)15(18)11(2)12-9-16-10-12/h5-8,11-12,16H,4,9-10H2,1-3H3. The Balaban J connectivity index is 2.15. The number of carbonyl (C=O) groups excluding carboxylic acids is 1. The van der Waals surface area contributed by atoms with E-state index in [4.69, 9.17) is 4.74 Å². The second kappa shape index (κ2) is 6.06. The fourth-order valence-electron chi connectivity index (χ4n) is 2.36. The summed E-state index contributed by atoms with van der Waals surface area (Å²) in [6.45, 7) is 6.60. The van der Waals surface area contributed by atoms with Crippen LogP contribution in [0.5, 0.6) is 5.75 Å². The largest absolute Gasteiger partial charge is 0.497 e. The quantitative estimate of drug-likeness (QED) is 0.881. The molecule has 0 spiro atoms. The molecule has 1 aromatic rings. The van der Waals surface area contributed by atoms with Gasteiger partial charge in [-0.2, -0.15) is 0 Å². The van der Waals surface area contributed by atoms with E-state index in [1.807, 2.05) is 43.0 Å². The molecule has 1 N–H and O–H groups in total. The number of methoxy groups -OCH3 is 1. The molecule has 1 amide bonds. The first-order chi connectivity index (χ1) is 9.17. The van der Waals surface area contributed by atoms with Crippen LogP contribution in [-0.4, -0.2) is 32.7 Å². The Morgan fingerprint density at radius 3 is 2.79 bits per heavy atom. The van der Waals surface area contributed by atoms with Crippen LogP contribution in [0.2, 0.25) is 0 Å². The van der Waals surface area contributed by atoms with E-state index < -0.39 is 0 Å². The first-order valence-electron chi connectivity index (χ1n) is 6.83. The highest BCUT2D eigenvalue weighted by Crippen LogP contribution is 2.25. The summed E-state index contributed by atoms with van der Waals surface area (Å²) < 4.78 is 5.22. The average Bonchev–Trinajstić information content (AvgIpc) is 2.37. The fraction of sp³-hybridized carbons (Fsp3) is 0.533.